The zero-order valence-corrected chi connectivity index (χ0v) is 10.5. The zero-order valence-electron chi connectivity index (χ0n) is 9.72. The SMILES string of the molecule is C#Cc1cccc(Nc2ccc(Cl)c(C(=O)O)n2)c1. The lowest BCUT2D eigenvalue weighted by molar-refractivity contribution is 0.0691. The molecule has 1 heterocycles. The molecule has 0 aliphatic rings. The van der Waals surface area contributed by atoms with Crippen LogP contribution < -0.4 is 5.32 Å². The van der Waals surface area contributed by atoms with Crippen LogP contribution in [0.5, 0.6) is 0 Å². The van der Waals surface area contributed by atoms with Gasteiger partial charge in [0.1, 0.15) is 5.82 Å². The maximum atomic E-state index is 10.9. The quantitative estimate of drug-likeness (QED) is 0.843. The number of benzene rings is 1. The van der Waals surface area contributed by atoms with Gasteiger partial charge in [-0.3, -0.25) is 0 Å². The number of aromatic nitrogens is 1. The van der Waals surface area contributed by atoms with E-state index in [0.717, 1.165) is 11.3 Å². The first-order valence-electron chi connectivity index (χ1n) is 5.33. The van der Waals surface area contributed by atoms with E-state index >= 15 is 0 Å². The fraction of sp³-hybridized carbons (Fsp3) is 0. The Morgan fingerprint density at radius 1 is 1.37 bits per heavy atom. The van der Waals surface area contributed by atoms with Crippen LogP contribution in [0.1, 0.15) is 16.1 Å². The van der Waals surface area contributed by atoms with Gasteiger partial charge in [0.2, 0.25) is 0 Å². The highest BCUT2D eigenvalue weighted by atomic mass is 35.5. The molecule has 1 aromatic carbocycles. The number of carbonyl (C=O) groups is 1. The Balaban J connectivity index is 2.31. The van der Waals surface area contributed by atoms with Crippen LogP contribution in [-0.2, 0) is 0 Å². The molecule has 0 bridgehead atoms. The van der Waals surface area contributed by atoms with Gasteiger partial charge in [-0.15, -0.1) is 6.42 Å². The minimum atomic E-state index is -1.17. The number of halogens is 1. The smallest absolute Gasteiger partial charge is 0.356 e. The summed E-state index contributed by atoms with van der Waals surface area (Å²) < 4.78 is 0. The molecular weight excluding hydrogens is 264 g/mol. The van der Waals surface area contributed by atoms with Gasteiger partial charge in [0.25, 0.3) is 0 Å². The van der Waals surface area contributed by atoms with Crippen molar-refractivity contribution in [2.24, 2.45) is 0 Å². The number of terminal acetylenes is 1. The Labute approximate surface area is 115 Å². The van der Waals surface area contributed by atoms with E-state index in [0.29, 0.717) is 5.82 Å². The predicted molar refractivity (Wildman–Crippen MR) is 73.9 cm³/mol. The predicted octanol–water partition coefficient (Wildman–Crippen LogP) is 3.16. The Hall–Kier alpha value is -2.51. The first-order chi connectivity index (χ1) is 9.10. The molecule has 5 heteroatoms. The molecule has 0 spiro atoms. The van der Waals surface area contributed by atoms with E-state index in [4.69, 9.17) is 23.1 Å². The van der Waals surface area contributed by atoms with Crippen LogP contribution >= 0.6 is 11.6 Å². The molecule has 0 amide bonds. The molecule has 1 aromatic heterocycles. The lowest BCUT2D eigenvalue weighted by Gasteiger charge is -2.07. The monoisotopic (exact) mass is 272 g/mol. The minimum Gasteiger partial charge on any atom is -0.476 e. The second-order valence-electron chi connectivity index (χ2n) is 3.68. The third kappa shape index (κ3) is 3.03. The summed E-state index contributed by atoms with van der Waals surface area (Å²) in [5, 5.41) is 12.0. The largest absolute Gasteiger partial charge is 0.476 e. The van der Waals surface area contributed by atoms with Crippen LogP contribution in [0.25, 0.3) is 0 Å². The normalized spacial score (nSPS) is 9.68. The summed E-state index contributed by atoms with van der Waals surface area (Å²) in [4.78, 5) is 14.9. The lowest BCUT2D eigenvalue weighted by atomic mass is 10.2. The van der Waals surface area contributed by atoms with Gasteiger partial charge in [-0.2, -0.15) is 0 Å². The maximum Gasteiger partial charge on any atom is 0.356 e. The summed E-state index contributed by atoms with van der Waals surface area (Å²) in [6.45, 7) is 0. The van der Waals surface area contributed by atoms with Gasteiger partial charge in [-0.25, -0.2) is 9.78 Å². The molecule has 0 fully saturated rings. The number of carboxylic acids is 1. The summed E-state index contributed by atoms with van der Waals surface area (Å²) in [5.74, 6) is 1.73. The van der Waals surface area contributed by atoms with E-state index < -0.39 is 5.97 Å². The Bertz CT molecular complexity index is 677. The second kappa shape index (κ2) is 5.42. The van der Waals surface area contributed by atoms with Crippen LogP contribution in [0.3, 0.4) is 0 Å². The number of pyridine rings is 1. The highest BCUT2D eigenvalue weighted by molar-refractivity contribution is 6.33. The molecule has 0 atom stereocenters. The zero-order chi connectivity index (χ0) is 13.8. The molecule has 2 rings (SSSR count). The molecule has 0 aliphatic carbocycles. The third-order valence-electron chi connectivity index (χ3n) is 2.35. The number of rotatable bonds is 3. The summed E-state index contributed by atoms with van der Waals surface area (Å²) in [6.07, 6.45) is 5.31. The Morgan fingerprint density at radius 2 is 2.16 bits per heavy atom. The van der Waals surface area contributed by atoms with Gasteiger partial charge in [0.05, 0.1) is 5.02 Å². The van der Waals surface area contributed by atoms with Crippen LogP contribution in [-0.4, -0.2) is 16.1 Å². The van der Waals surface area contributed by atoms with Crippen molar-refractivity contribution in [2.75, 3.05) is 5.32 Å². The van der Waals surface area contributed by atoms with E-state index in [2.05, 4.69) is 16.2 Å². The van der Waals surface area contributed by atoms with Crippen LogP contribution in [0.4, 0.5) is 11.5 Å². The van der Waals surface area contributed by atoms with Gasteiger partial charge in [0.15, 0.2) is 5.69 Å². The number of carboxylic acid groups (broad SMARTS) is 1. The van der Waals surface area contributed by atoms with E-state index in [-0.39, 0.29) is 10.7 Å². The van der Waals surface area contributed by atoms with Gasteiger partial charge >= 0.3 is 5.97 Å². The van der Waals surface area contributed by atoms with Crippen LogP contribution in [0.2, 0.25) is 5.02 Å². The summed E-state index contributed by atoms with van der Waals surface area (Å²) >= 11 is 5.74. The standard InChI is InChI=1S/C14H9ClN2O2/c1-2-9-4-3-5-10(8-9)16-12-7-6-11(15)13(17-12)14(18)19/h1,3-8H,(H,16,17)(H,18,19). The molecule has 4 nitrogen and oxygen atoms in total. The molecule has 0 aliphatic heterocycles. The molecule has 94 valence electrons. The number of hydrogen-bond acceptors (Lipinski definition) is 3. The van der Waals surface area contributed by atoms with E-state index in [1.165, 1.54) is 6.07 Å². The summed E-state index contributed by atoms with van der Waals surface area (Å²) in [5.41, 5.74) is 1.25. The number of nitrogens with zero attached hydrogens (tertiary/aromatic N) is 1. The van der Waals surface area contributed by atoms with E-state index in [9.17, 15) is 4.79 Å². The molecule has 0 saturated heterocycles. The Morgan fingerprint density at radius 3 is 2.84 bits per heavy atom. The summed E-state index contributed by atoms with van der Waals surface area (Å²) in [7, 11) is 0. The highest BCUT2D eigenvalue weighted by Gasteiger charge is 2.11. The average Bonchev–Trinajstić information content (AvgIpc) is 2.41. The van der Waals surface area contributed by atoms with Gasteiger partial charge in [-0.05, 0) is 30.3 Å². The molecular formula is C14H9ClN2O2. The van der Waals surface area contributed by atoms with Crippen molar-refractivity contribution >= 4 is 29.1 Å². The Kier molecular flexibility index (Phi) is 3.69. The first-order valence-corrected chi connectivity index (χ1v) is 5.71. The average molecular weight is 273 g/mol. The highest BCUT2D eigenvalue weighted by Crippen LogP contribution is 2.20. The number of aromatic carboxylic acids is 1. The van der Waals surface area contributed by atoms with Gasteiger partial charge < -0.3 is 10.4 Å². The van der Waals surface area contributed by atoms with Crippen molar-refractivity contribution in [2.45, 2.75) is 0 Å². The topological polar surface area (TPSA) is 62.2 Å². The van der Waals surface area contributed by atoms with Crippen molar-refractivity contribution in [3.05, 3.63) is 52.7 Å². The van der Waals surface area contributed by atoms with Crippen molar-refractivity contribution in [3.63, 3.8) is 0 Å². The number of hydrogen-bond donors (Lipinski definition) is 2. The van der Waals surface area contributed by atoms with Crippen molar-refractivity contribution in [1.82, 2.24) is 4.98 Å². The number of nitrogens with one attached hydrogen (secondary N) is 1. The van der Waals surface area contributed by atoms with E-state index in [1.54, 1.807) is 30.3 Å². The second-order valence-corrected chi connectivity index (χ2v) is 4.09. The molecule has 19 heavy (non-hydrogen) atoms. The maximum absolute atomic E-state index is 10.9. The number of anilines is 2. The van der Waals surface area contributed by atoms with Crippen molar-refractivity contribution in [1.29, 1.82) is 0 Å². The van der Waals surface area contributed by atoms with Gasteiger partial charge in [-0.1, -0.05) is 23.6 Å². The van der Waals surface area contributed by atoms with E-state index in [1.807, 2.05) is 0 Å². The van der Waals surface area contributed by atoms with Gasteiger partial charge in [0, 0.05) is 11.3 Å². The van der Waals surface area contributed by atoms with Crippen molar-refractivity contribution < 1.29 is 9.90 Å². The molecule has 0 radical (unpaired) electrons. The minimum absolute atomic E-state index is 0.0930. The molecule has 2 N–H and O–H groups in total. The first kappa shape index (κ1) is 12.9. The van der Waals surface area contributed by atoms with Crippen molar-refractivity contribution in [3.8, 4) is 12.3 Å². The third-order valence-corrected chi connectivity index (χ3v) is 2.66. The molecule has 0 unspecified atom stereocenters. The van der Waals surface area contributed by atoms with Crippen LogP contribution in [0, 0.1) is 12.3 Å². The lowest BCUT2D eigenvalue weighted by Crippen LogP contribution is -2.04. The fourth-order valence-corrected chi connectivity index (χ4v) is 1.68. The fourth-order valence-electron chi connectivity index (χ4n) is 1.50. The molecule has 0 saturated carbocycles. The van der Waals surface area contributed by atoms with Crippen LogP contribution in [0.15, 0.2) is 36.4 Å². The summed E-state index contributed by atoms with van der Waals surface area (Å²) in [6, 6.07) is 10.2. The molecule has 2 aromatic rings.